The monoisotopic (exact) mass is 315 g/mol. The van der Waals surface area contributed by atoms with Gasteiger partial charge in [-0.2, -0.15) is 0 Å². The maximum absolute atomic E-state index is 12.3. The van der Waals surface area contributed by atoms with E-state index in [1.165, 1.54) is 0 Å². The number of amides is 1. The summed E-state index contributed by atoms with van der Waals surface area (Å²) in [5.41, 5.74) is 1.70. The summed E-state index contributed by atoms with van der Waals surface area (Å²) in [6.07, 6.45) is -0.655. The van der Waals surface area contributed by atoms with E-state index in [4.69, 9.17) is 14.2 Å². The second kappa shape index (κ2) is 8.19. The minimum absolute atomic E-state index is 0.231. The van der Waals surface area contributed by atoms with Crippen LogP contribution in [0.25, 0.3) is 0 Å². The summed E-state index contributed by atoms with van der Waals surface area (Å²) in [7, 11) is 3.20. The predicted molar refractivity (Wildman–Crippen MR) is 88.9 cm³/mol. The van der Waals surface area contributed by atoms with Crippen LogP contribution in [0.4, 0.5) is 5.69 Å². The average molecular weight is 315 g/mol. The molecule has 0 aliphatic heterocycles. The quantitative estimate of drug-likeness (QED) is 0.852. The van der Waals surface area contributed by atoms with Crippen molar-refractivity contribution in [2.24, 2.45) is 0 Å². The molecule has 2 rings (SSSR count). The molecular weight excluding hydrogens is 294 g/mol. The maximum atomic E-state index is 12.3. The van der Waals surface area contributed by atoms with Crippen molar-refractivity contribution in [1.82, 2.24) is 0 Å². The van der Waals surface area contributed by atoms with E-state index in [0.717, 1.165) is 5.56 Å². The maximum Gasteiger partial charge on any atom is 0.265 e. The zero-order valence-electron chi connectivity index (χ0n) is 13.5. The van der Waals surface area contributed by atoms with Crippen LogP contribution in [0.2, 0.25) is 0 Å². The topological polar surface area (TPSA) is 56.8 Å². The number of hydrogen-bond donors (Lipinski definition) is 1. The van der Waals surface area contributed by atoms with Crippen LogP contribution in [0, 0.1) is 0 Å². The molecule has 0 aliphatic carbocycles. The summed E-state index contributed by atoms with van der Waals surface area (Å²) in [5.74, 6) is 0.894. The van der Waals surface area contributed by atoms with Crippen LogP contribution in [-0.4, -0.2) is 26.2 Å². The Balaban J connectivity index is 2.01. The van der Waals surface area contributed by atoms with Gasteiger partial charge in [-0.15, -0.1) is 0 Å². The van der Waals surface area contributed by atoms with Crippen LogP contribution in [0.15, 0.2) is 48.5 Å². The zero-order valence-corrected chi connectivity index (χ0v) is 13.5. The fourth-order valence-electron chi connectivity index (χ4n) is 2.11. The van der Waals surface area contributed by atoms with Crippen molar-refractivity contribution >= 4 is 11.6 Å². The number of methoxy groups -OCH3 is 2. The van der Waals surface area contributed by atoms with Gasteiger partial charge in [-0.3, -0.25) is 4.79 Å². The highest BCUT2D eigenvalue weighted by Crippen LogP contribution is 2.27. The van der Waals surface area contributed by atoms with Gasteiger partial charge in [0.05, 0.1) is 13.7 Å². The lowest BCUT2D eigenvalue weighted by Crippen LogP contribution is -2.30. The first-order valence-electron chi connectivity index (χ1n) is 7.32. The largest absolute Gasteiger partial charge is 0.493 e. The standard InChI is InChI=1S/C18H21NO4/c1-13(23-17-10-5-4-9-16(17)22-3)18(20)19-15-8-6-7-14(11-15)12-21-2/h4-11,13H,12H2,1-3H3,(H,19,20)/t13-/m1/s1. The summed E-state index contributed by atoms with van der Waals surface area (Å²) < 4.78 is 16.0. The van der Waals surface area contributed by atoms with Crippen molar-refractivity contribution in [3.63, 3.8) is 0 Å². The van der Waals surface area contributed by atoms with E-state index in [-0.39, 0.29) is 5.91 Å². The molecule has 5 nitrogen and oxygen atoms in total. The third-order valence-corrected chi connectivity index (χ3v) is 3.25. The number of carbonyl (C=O) groups is 1. The summed E-state index contributed by atoms with van der Waals surface area (Å²) in [5, 5.41) is 2.84. The molecule has 1 atom stereocenters. The smallest absolute Gasteiger partial charge is 0.265 e. The minimum Gasteiger partial charge on any atom is -0.493 e. The lowest BCUT2D eigenvalue weighted by molar-refractivity contribution is -0.122. The molecule has 0 unspecified atom stereocenters. The van der Waals surface area contributed by atoms with Crippen LogP contribution in [0.3, 0.4) is 0 Å². The first-order chi connectivity index (χ1) is 11.1. The van der Waals surface area contributed by atoms with Gasteiger partial charge in [0.1, 0.15) is 0 Å². The molecule has 0 fully saturated rings. The van der Waals surface area contributed by atoms with Gasteiger partial charge in [-0.1, -0.05) is 24.3 Å². The number of anilines is 1. The van der Waals surface area contributed by atoms with E-state index in [0.29, 0.717) is 23.8 Å². The molecule has 0 saturated heterocycles. The number of hydrogen-bond acceptors (Lipinski definition) is 4. The van der Waals surface area contributed by atoms with Crippen LogP contribution in [0.5, 0.6) is 11.5 Å². The van der Waals surface area contributed by atoms with Gasteiger partial charge < -0.3 is 19.5 Å². The molecule has 2 aromatic carbocycles. The first kappa shape index (κ1) is 16.8. The highest BCUT2D eigenvalue weighted by molar-refractivity contribution is 5.94. The van der Waals surface area contributed by atoms with E-state index < -0.39 is 6.10 Å². The van der Waals surface area contributed by atoms with Gasteiger partial charge in [-0.05, 0) is 36.8 Å². The second-order valence-electron chi connectivity index (χ2n) is 5.03. The number of para-hydroxylation sites is 2. The van der Waals surface area contributed by atoms with E-state index >= 15 is 0 Å². The molecule has 122 valence electrons. The Morgan fingerprint density at radius 3 is 2.52 bits per heavy atom. The first-order valence-corrected chi connectivity index (χ1v) is 7.32. The Morgan fingerprint density at radius 1 is 1.09 bits per heavy atom. The van der Waals surface area contributed by atoms with Gasteiger partial charge in [-0.25, -0.2) is 0 Å². The van der Waals surface area contributed by atoms with Gasteiger partial charge in [0, 0.05) is 12.8 Å². The van der Waals surface area contributed by atoms with Crippen molar-refractivity contribution in [3.8, 4) is 11.5 Å². The minimum atomic E-state index is -0.655. The van der Waals surface area contributed by atoms with Gasteiger partial charge in [0.2, 0.25) is 0 Å². The van der Waals surface area contributed by atoms with Gasteiger partial charge in [0.25, 0.3) is 5.91 Å². The molecule has 2 aromatic rings. The molecule has 0 saturated carbocycles. The molecule has 0 aromatic heterocycles. The number of benzene rings is 2. The average Bonchev–Trinajstić information content (AvgIpc) is 2.56. The Morgan fingerprint density at radius 2 is 1.83 bits per heavy atom. The third-order valence-electron chi connectivity index (χ3n) is 3.25. The fourth-order valence-corrected chi connectivity index (χ4v) is 2.11. The Bertz CT molecular complexity index is 657. The Labute approximate surface area is 136 Å². The third kappa shape index (κ3) is 4.72. The summed E-state index contributed by atoms with van der Waals surface area (Å²) in [6.45, 7) is 2.19. The van der Waals surface area contributed by atoms with Crippen LogP contribution >= 0.6 is 0 Å². The molecule has 5 heteroatoms. The van der Waals surface area contributed by atoms with Gasteiger partial charge >= 0.3 is 0 Å². The van der Waals surface area contributed by atoms with Crippen molar-refractivity contribution in [2.45, 2.75) is 19.6 Å². The summed E-state index contributed by atoms with van der Waals surface area (Å²) >= 11 is 0. The van der Waals surface area contributed by atoms with Crippen LogP contribution in [0.1, 0.15) is 12.5 Å². The Hall–Kier alpha value is -2.53. The molecule has 0 spiro atoms. The molecule has 0 bridgehead atoms. The predicted octanol–water partition coefficient (Wildman–Crippen LogP) is 3.25. The van der Waals surface area contributed by atoms with Crippen molar-refractivity contribution in [3.05, 3.63) is 54.1 Å². The second-order valence-corrected chi connectivity index (χ2v) is 5.03. The molecule has 0 heterocycles. The SMILES string of the molecule is COCc1cccc(NC(=O)[C@@H](C)Oc2ccccc2OC)c1. The van der Waals surface area contributed by atoms with Crippen molar-refractivity contribution < 1.29 is 19.0 Å². The lowest BCUT2D eigenvalue weighted by atomic mass is 10.2. The normalized spacial score (nSPS) is 11.6. The molecule has 0 radical (unpaired) electrons. The lowest BCUT2D eigenvalue weighted by Gasteiger charge is -2.16. The van der Waals surface area contributed by atoms with E-state index in [9.17, 15) is 4.79 Å². The van der Waals surface area contributed by atoms with E-state index in [2.05, 4.69) is 5.32 Å². The number of ether oxygens (including phenoxy) is 3. The molecule has 1 N–H and O–H groups in total. The van der Waals surface area contributed by atoms with E-state index in [1.54, 1.807) is 33.3 Å². The van der Waals surface area contributed by atoms with Crippen LogP contribution in [-0.2, 0) is 16.1 Å². The van der Waals surface area contributed by atoms with Crippen molar-refractivity contribution in [2.75, 3.05) is 19.5 Å². The fraction of sp³-hybridized carbons (Fsp3) is 0.278. The molecule has 23 heavy (non-hydrogen) atoms. The highest BCUT2D eigenvalue weighted by Gasteiger charge is 2.16. The van der Waals surface area contributed by atoms with Gasteiger partial charge in [0.15, 0.2) is 17.6 Å². The van der Waals surface area contributed by atoms with Crippen molar-refractivity contribution in [1.29, 1.82) is 0 Å². The zero-order chi connectivity index (χ0) is 16.7. The van der Waals surface area contributed by atoms with Crippen LogP contribution < -0.4 is 14.8 Å². The number of nitrogens with one attached hydrogen (secondary N) is 1. The highest BCUT2D eigenvalue weighted by atomic mass is 16.5. The summed E-state index contributed by atoms with van der Waals surface area (Å²) in [6, 6.07) is 14.7. The Kier molecular flexibility index (Phi) is 6.00. The number of rotatable bonds is 7. The van der Waals surface area contributed by atoms with E-state index in [1.807, 2.05) is 36.4 Å². The molecule has 0 aliphatic rings. The molecule has 1 amide bonds. The number of carbonyl (C=O) groups excluding carboxylic acids is 1. The summed E-state index contributed by atoms with van der Waals surface area (Å²) in [4.78, 5) is 12.3. The molecular formula is C18H21NO4.